The van der Waals surface area contributed by atoms with Gasteiger partial charge in [0.2, 0.25) is 29.5 Å². The largest absolute Gasteiger partial charge is 0.480 e. The van der Waals surface area contributed by atoms with Crippen molar-refractivity contribution in [1.82, 2.24) is 31.1 Å². The number of carboxylic acid groups (broad SMARTS) is 1. The number of rotatable bonds is 12. The number of amides is 6. The van der Waals surface area contributed by atoms with Gasteiger partial charge in [0.15, 0.2) is 0 Å². The van der Waals surface area contributed by atoms with Crippen LogP contribution in [0.1, 0.15) is 38.2 Å². The minimum Gasteiger partial charge on any atom is -0.480 e. The molecule has 2 aliphatic rings. The second-order valence-corrected chi connectivity index (χ2v) is 9.97. The zero-order valence-corrected chi connectivity index (χ0v) is 23.3. The topological polar surface area (TPSA) is 204 Å². The van der Waals surface area contributed by atoms with Gasteiger partial charge in [0, 0.05) is 13.1 Å². The first kappa shape index (κ1) is 31.8. The van der Waals surface area contributed by atoms with E-state index in [1.165, 1.54) is 16.7 Å². The molecule has 0 bridgehead atoms. The summed E-state index contributed by atoms with van der Waals surface area (Å²) in [5, 5.41) is 18.6. The number of hydrogen-bond acceptors (Lipinski definition) is 8. The van der Waals surface area contributed by atoms with E-state index in [9.17, 15) is 33.6 Å². The number of hydrogen-bond donors (Lipinski definition) is 5. The SMILES string of the molecule is CC(NC(=O)[C@@H]1CCCN1C(=O)CNC(=O)CNC(=O)[C@@H]1CCCN1C(=O)CNC(=O)OCc1ccccc1)C(=O)O. The molecule has 42 heavy (non-hydrogen) atoms. The third-order valence-electron chi connectivity index (χ3n) is 6.94. The van der Waals surface area contributed by atoms with Crippen molar-refractivity contribution in [2.75, 3.05) is 32.7 Å². The summed E-state index contributed by atoms with van der Waals surface area (Å²) in [6.45, 7) is 0.762. The van der Waals surface area contributed by atoms with Crippen LogP contribution >= 0.6 is 0 Å². The molecule has 0 aliphatic carbocycles. The maximum Gasteiger partial charge on any atom is 0.407 e. The number of nitrogens with one attached hydrogen (secondary N) is 4. The van der Waals surface area contributed by atoms with Crippen molar-refractivity contribution in [2.45, 2.75) is 57.3 Å². The molecule has 2 saturated heterocycles. The fourth-order valence-corrected chi connectivity index (χ4v) is 4.69. The van der Waals surface area contributed by atoms with Crippen molar-refractivity contribution in [3.05, 3.63) is 35.9 Å². The molecular weight excluding hydrogens is 552 g/mol. The molecule has 1 aromatic carbocycles. The highest BCUT2D eigenvalue weighted by Gasteiger charge is 2.36. The second kappa shape index (κ2) is 15.3. The molecule has 6 amide bonds. The smallest absolute Gasteiger partial charge is 0.407 e. The number of likely N-dealkylation sites (tertiary alicyclic amines) is 2. The first-order chi connectivity index (χ1) is 20.1. The van der Waals surface area contributed by atoms with Gasteiger partial charge in [-0.15, -0.1) is 0 Å². The van der Waals surface area contributed by atoms with Crippen molar-refractivity contribution in [2.24, 2.45) is 0 Å². The lowest BCUT2D eigenvalue weighted by atomic mass is 10.2. The predicted octanol–water partition coefficient (Wildman–Crippen LogP) is -1.28. The third-order valence-corrected chi connectivity index (χ3v) is 6.94. The number of carboxylic acids is 1. The summed E-state index contributed by atoms with van der Waals surface area (Å²) in [5.74, 6) is -3.95. The van der Waals surface area contributed by atoms with Crippen LogP contribution in [0.15, 0.2) is 30.3 Å². The molecule has 1 aromatic rings. The second-order valence-electron chi connectivity index (χ2n) is 9.97. The Labute approximate surface area is 242 Å². The van der Waals surface area contributed by atoms with Crippen LogP contribution in [-0.2, 0) is 40.1 Å². The lowest BCUT2D eigenvalue weighted by molar-refractivity contribution is -0.143. The lowest BCUT2D eigenvalue weighted by Gasteiger charge is -2.25. The van der Waals surface area contributed by atoms with Crippen LogP contribution in [-0.4, -0.2) is 107 Å². The van der Waals surface area contributed by atoms with Crippen LogP contribution in [0, 0.1) is 0 Å². The molecule has 3 atom stereocenters. The van der Waals surface area contributed by atoms with Gasteiger partial charge in [-0.1, -0.05) is 30.3 Å². The highest BCUT2D eigenvalue weighted by Crippen LogP contribution is 2.18. The van der Waals surface area contributed by atoms with Crippen molar-refractivity contribution in [3.63, 3.8) is 0 Å². The highest BCUT2D eigenvalue weighted by molar-refractivity contribution is 5.94. The van der Waals surface area contributed by atoms with Crippen LogP contribution in [0.4, 0.5) is 4.79 Å². The summed E-state index contributed by atoms with van der Waals surface area (Å²) in [7, 11) is 0. The number of carbonyl (C=O) groups excluding carboxylic acids is 6. The van der Waals surface area contributed by atoms with Crippen molar-refractivity contribution in [3.8, 4) is 0 Å². The zero-order chi connectivity index (χ0) is 30.6. The molecule has 228 valence electrons. The van der Waals surface area contributed by atoms with Crippen molar-refractivity contribution >= 4 is 41.6 Å². The Kier molecular flexibility index (Phi) is 11.6. The Morgan fingerprint density at radius 3 is 2.00 bits per heavy atom. The van der Waals surface area contributed by atoms with Crippen LogP contribution in [0.3, 0.4) is 0 Å². The third kappa shape index (κ3) is 9.17. The summed E-state index contributed by atoms with van der Waals surface area (Å²) in [5.41, 5.74) is 0.791. The zero-order valence-electron chi connectivity index (χ0n) is 23.3. The Balaban J connectivity index is 1.37. The molecule has 3 rings (SSSR count). The number of carbonyl (C=O) groups is 7. The number of benzene rings is 1. The average Bonchev–Trinajstić information content (AvgIpc) is 3.67. The van der Waals surface area contributed by atoms with Crippen LogP contribution in [0.25, 0.3) is 0 Å². The molecule has 0 aromatic heterocycles. The van der Waals surface area contributed by atoms with E-state index in [1.54, 1.807) is 12.1 Å². The van der Waals surface area contributed by atoms with E-state index in [-0.39, 0.29) is 19.7 Å². The van der Waals surface area contributed by atoms with Gasteiger partial charge in [-0.2, -0.15) is 0 Å². The first-order valence-electron chi connectivity index (χ1n) is 13.7. The number of alkyl carbamates (subject to hydrolysis) is 1. The Bertz CT molecular complexity index is 1180. The fourth-order valence-electron chi connectivity index (χ4n) is 4.69. The molecule has 0 radical (unpaired) electrons. The minimum atomic E-state index is -1.20. The summed E-state index contributed by atoms with van der Waals surface area (Å²) in [4.78, 5) is 88.2. The van der Waals surface area contributed by atoms with E-state index in [1.807, 2.05) is 18.2 Å². The van der Waals surface area contributed by atoms with Crippen LogP contribution in [0.2, 0.25) is 0 Å². The lowest BCUT2D eigenvalue weighted by Crippen LogP contribution is -2.52. The summed E-state index contributed by atoms with van der Waals surface area (Å²) >= 11 is 0. The molecule has 0 saturated carbocycles. The molecule has 0 spiro atoms. The predicted molar refractivity (Wildman–Crippen MR) is 145 cm³/mol. The monoisotopic (exact) mass is 588 g/mol. The summed E-state index contributed by atoms with van der Waals surface area (Å²) in [6, 6.07) is 6.28. The molecule has 1 unspecified atom stereocenters. The van der Waals surface area contributed by atoms with E-state index in [2.05, 4.69) is 21.3 Å². The summed E-state index contributed by atoms with van der Waals surface area (Å²) in [6.07, 6.45) is 1.10. The normalized spacial score (nSPS) is 18.5. The van der Waals surface area contributed by atoms with Gasteiger partial charge in [-0.25, -0.2) is 4.79 Å². The van der Waals surface area contributed by atoms with E-state index in [0.717, 1.165) is 5.56 Å². The highest BCUT2D eigenvalue weighted by atomic mass is 16.5. The van der Waals surface area contributed by atoms with Crippen LogP contribution < -0.4 is 21.3 Å². The van der Waals surface area contributed by atoms with Gasteiger partial charge in [-0.3, -0.25) is 28.8 Å². The van der Waals surface area contributed by atoms with Crippen molar-refractivity contribution in [1.29, 1.82) is 0 Å². The number of nitrogens with zero attached hydrogens (tertiary/aromatic N) is 2. The van der Waals surface area contributed by atoms with Crippen molar-refractivity contribution < 1.29 is 43.4 Å². The Morgan fingerprint density at radius 1 is 0.833 bits per heavy atom. The Hall–Kier alpha value is -4.69. The molecule has 2 aliphatic heterocycles. The molecular formula is C27H36N6O9. The van der Waals surface area contributed by atoms with Gasteiger partial charge in [0.1, 0.15) is 31.3 Å². The minimum absolute atomic E-state index is 0.0449. The molecule has 15 heteroatoms. The van der Waals surface area contributed by atoms with Gasteiger partial charge in [0.25, 0.3) is 0 Å². The van der Waals surface area contributed by atoms with Gasteiger partial charge in [-0.05, 0) is 38.2 Å². The average molecular weight is 589 g/mol. The van der Waals surface area contributed by atoms with Gasteiger partial charge < -0.3 is 40.9 Å². The first-order valence-corrected chi connectivity index (χ1v) is 13.7. The van der Waals surface area contributed by atoms with Gasteiger partial charge >= 0.3 is 12.1 Å². The van der Waals surface area contributed by atoms with Crippen LogP contribution in [0.5, 0.6) is 0 Å². The maximum atomic E-state index is 12.7. The van der Waals surface area contributed by atoms with E-state index >= 15 is 0 Å². The fraction of sp³-hybridized carbons (Fsp3) is 0.519. The molecule has 15 nitrogen and oxygen atoms in total. The van der Waals surface area contributed by atoms with E-state index < -0.39 is 72.8 Å². The van der Waals surface area contributed by atoms with E-state index in [4.69, 9.17) is 9.84 Å². The summed E-state index contributed by atoms with van der Waals surface area (Å²) < 4.78 is 5.08. The molecule has 2 heterocycles. The van der Waals surface area contributed by atoms with E-state index in [0.29, 0.717) is 32.2 Å². The standard InChI is InChI=1S/C27H36N6O9/c1-17(26(39)40)31-25(38)20-10-6-12-33(20)22(35)14-28-21(34)13-29-24(37)19-9-5-11-32(19)23(36)15-30-27(41)42-16-18-7-3-2-4-8-18/h2-4,7-8,17,19-20H,5-6,9-16H2,1H3,(H,28,34)(H,29,37)(H,30,41)(H,31,38)(H,39,40)/t17?,19-,20-/m0/s1. The quantitative estimate of drug-likeness (QED) is 0.197. The van der Waals surface area contributed by atoms with Gasteiger partial charge in [0.05, 0.1) is 13.1 Å². The maximum absolute atomic E-state index is 12.7. The Morgan fingerprint density at radius 2 is 1.40 bits per heavy atom. The number of aliphatic carboxylic acids is 1. The molecule has 2 fully saturated rings. The number of ether oxygens (including phenoxy) is 1. The molecule has 5 N–H and O–H groups in total.